The number of piperidine rings is 1. The molecule has 0 atom stereocenters. The van der Waals surface area contributed by atoms with Gasteiger partial charge >= 0.3 is 0 Å². The van der Waals surface area contributed by atoms with Crippen LogP contribution in [0.1, 0.15) is 37.7 Å². The normalized spacial score (nSPS) is 17.7. The van der Waals surface area contributed by atoms with Crippen LogP contribution >= 0.6 is 0 Å². The first-order valence-electron chi connectivity index (χ1n) is 8.39. The van der Waals surface area contributed by atoms with Crippen LogP contribution in [-0.2, 0) is 11.2 Å². The standard InChI is InChI=1S/C19H25NO3/c1-22-17-7-6-14(12-18(17)23-2)13-19(21)20-10-8-16(9-11-20)15-4-3-5-15/h6-7,12H,3-5,8-11,13H2,1-2H3. The lowest BCUT2D eigenvalue weighted by Gasteiger charge is -2.32. The molecule has 1 aliphatic carbocycles. The molecule has 23 heavy (non-hydrogen) atoms. The molecule has 3 rings (SSSR count). The number of allylic oxidation sites excluding steroid dienone is 1. The second-order valence-corrected chi connectivity index (χ2v) is 6.31. The summed E-state index contributed by atoms with van der Waals surface area (Å²) in [5.74, 6) is 1.57. The van der Waals surface area contributed by atoms with Crippen LogP contribution in [0, 0.1) is 0 Å². The first-order chi connectivity index (χ1) is 11.2. The Morgan fingerprint density at radius 2 is 1.65 bits per heavy atom. The number of nitrogens with zero attached hydrogens (tertiary/aromatic N) is 1. The van der Waals surface area contributed by atoms with Crippen LogP contribution in [0.5, 0.6) is 11.5 Å². The lowest BCUT2D eigenvalue weighted by Crippen LogP contribution is -2.37. The summed E-state index contributed by atoms with van der Waals surface area (Å²) in [7, 11) is 3.23. The zero-order valence-corrected chi connectivity index (χ0v) is 14.1. The first-order valence-corrected chi connectivity index (χ1v) is 8.39. The Morgan fingerprint density at radius 1 is 1.00 bits per heavy atom. The van der Waals surface area contributed by atoms with Crippen LogP contribution in [0.4, 0.5) is 0 Å². The quantitative estimate of drug-likeness (QED) is 0.800. The number of ether oxygens (including phenoxy) is 2. The summed E-state index contributed by atoms with van der Waals surface area (Å²) in [6.07, 6.45) is 6.47. The van der Waals surface area contributed by atoms with Gasteiger partial charge in [-0.05, 0) is 49.8 Å². The second kappa shape index (κ2) is 7.07. The minimum Gasteiger partial charge on any atom is -0.493 e. The molecule has 0 unspecified atom stereocenters. The highest BCUT2D eigenvalue weighted by Crippen LogP contribution is 2.33. The highest BCUT2D eigenvalue weighted by molar-refractivity contribution is 5.79. The van der Waals surface area contributed by atoms with Crippen molar-refractivity contribution < 1.29 is 14.3 Å². The van der Waals surface area contributed by atoms with E-state index in [1.807, 2.05) is 23.1 Å². The lowest BCUT2D eigenvalue weighted by molar-refractivity contribution is -0.130. The lowest BCUT2D eigenvalue weighted by atomic mass is 9.84. The maximum absolute atomic E-state index is 12.5. The number of carbonyl (C=O) groups is 1. The summed E-state index contributed by atoms with van der Waals surface area (Å²) < 4.78 is 10.5. The van der Waals surface area contributed by atoms with Gasteiger partial charge in [0.1, 0.15) is 0 Å². The molecule has 2 aliphatic rings. The molecule has 0 bridgehead atoms. The Hall–Kier alpha value is -1.97. The summed E-state index contributed by atoms with van der Waals surface area (Å²) >= 11 is 0. The molecular formula is C19H25NO3. The Balaban J connectivity index is 1.59. The topological polar surface area (TPSA) is 38.8 Å². The number of carbonyl (C=O) groups excluding carboxylic acids is 1. The minimum absolute atomic E-state index is 0.204. The van der Waals surface area contributed by atoms with E-state index < -0.39 is 0 Å². The van der Waals surface area contributed by atoms with Gasteiger partial charge in [-0.15, -0.1) is 0 Å². The van der Waals surface area contributed by atoms with Crippen LogP contribution in [-0.4, -0.2) is 38.1 Å². The fourth-order valence-electron chi connectivity index (χ4n) is 3.36. The number of amides is 1. The van der Waals surface area contributed by atoms with Crippen LogP contribution in [0.3, 0.4) is 0 Å². The first kappa shape index (κ1) is 15.9. The third kappa shape index (κ3) is 3.52. The largest absolute Gasteiger partial charge is 0.493 e. The average molecular weight is 315 g/mol. The van der Waals surface area contributed by atoms with Gasteiger partial charge in [0.2, 0.25) is 5.91 Å². The smallest absolute Gasteiger partial charge is 0.227 e. The summed E-state index contributed by atoms with van der Waals surface area (Å²) in [6.45, 7) is 1.73. The monoisotopic (exact) mass is 315 g/mol. The van der Waals surface area contributed by atoms with Crippen molar-refractivity contribution in [3.05, 3.63) is 34.9 Å². The Kier molecular flexibility index (Phi) is 4.89. The number of hydrogen-bond donors (Lipinski definition) is 0. The molecule has 1 heterocycles. The van der Waals surface area contributed by atoms with Crippen molar-refractivity contribution in [2.75, 3.05) is 27.3 Å². The maximum atomic E-state index is 12.5. The summed E-state index contributed by atoms with van der Waals surface area (Å²) in [4.78, 5) is 14.5. The minimum atomic E-state index is 0.204. The predicted octanol–water partition coefficient (Wildman–Crippen LogP) is 3.35. The van der Waals surface area contributed by atoms with Crippen LogP contribution in [0.25, 0.3) is 0 Å². The number of hydrogen-bond acceptors (Lipinski definition) is 3. The molecule has 0 radical (unpaired) electrons. The molecule has 1 saturated carbocycles. The van der Waals surface area contributed by atoms with Crippen LogP contribution in [0.2, 0.25) is 0 Å². The van der Waals surface area contributed by atoms with E-state index in [-0.39, 0.29) is 5.91 Å². The molecule has 1 amide bonds. The molecule has 2 fully saturated rings. The third-order valence-corrected chi connectivity index (χ3v) is 4.98. The highest BCUT2D eigenvalue weighted by Gasteiger charge is 2.23. The zero-order chi connectivity index (χ0) is 16.2. The fourth-order valence-corrected chi connectivity index (χ4v) is 3.36. The third-order valence-electron chi connectivity index (χ3n) is 4.98. The van der Waals surface area contributed by atoms with E-state index in [4.69, 9.17) is 9.47 Å². The van der Waals surface area contributed by atoms with Crippen molar-refractivity contribution in [2.45, 2.75) is 38.5 Å². The zero-order valence-electron chi connectivity index (χ0n) is 14.1. The average Bonchev–Trinajstić information content (AvgIpc) is 2.53. The van der Waals surface area contributed by atoms with Gasteiger partial charge in [-0.3, -0.25) is 4.79 Å². The van der Waals surface area contributed by atoms with Crippen molar-refractivity contribution in [3.63, 3.8) is 0 Å². The predicted molar refractivity (Wildman–Crippen MR) is 89.9 cm³/mol. The van der Waals surface area contributed by atoms with Gasteiger partial charge in [0.15, 0.2) is 11.5 Å². The molecule has 4 heteroatoms. The van der Waals surface area contributed by atoms with Crippen LogP contribution < -0.4 is 9.47 Å². The highest BCUT2D eigenvalue weighted by atomic mass is 16.5. The molecule has 1 aromatic carbocycles. The van der Waals surface area contributed by atoms with E-state index in [1.54, 1.807) is 25.4 Å². The van der Waals surface area contributed by atoms with E-state index >= 15 is 0 Å². The van der Waals surface area contributed by atoms with Crippen molar-refractivity contribution in [2.24, 2.45) is 0 Å². The van der Waals surface area contributed by atoms with Gasteiger partial charge in [0.25, 0.3) is 0 Å². The molecule has 1 aliphatic heterocycles. The molecule has 0 aromatic heterocycles. The number of methoxy groups -OCH3 is 2. The maximum Gasteiger partial charge on any atom is 0.227 e. The molecule has 0 N–H and O–H groups in total. The van der Waals surface area contributed by atoms with Crippen molar-refractivity contribution in [1.82, 2.24) is 4.90 Å². The number of rotatable bonds is 4. The summed E-state index contributed by atoms with van der Waals surface area (Å²) in [5.41, 5.74) is 4.25. The van der Waals surface area contributed by atoms with Gasteiger partial charge < -0.3 is 14.4 Å². The SMILES string of the molecule is COc1ccc(CC(=O)N2CCC(=C3CCC3)CC2)cc1OC. The van der Waals surface area contributed by atoms with Gasteiger partial charge in [-0.25, -0.2) is 0 Å². The number of benzene rings is 1. The van der Waals surface area contributed by atoms with Gasteiger partial charge in [-0.2, -0.15) is 0 Å². The Labute approximate surface area is 138 Å². The van der Waals surface area contributed by atoms with E-state index in [0.29, 0.717) is 17.9 Å². The van der Waals surface area contributed by atoms with Crippen LogP contribution in [0.15, 0.2) is 29.3 Å². The second-order valence-electron chi connectivity index (χ2n) is 6.31. The Bertz CT molecular complexity index is 605. The van der Waals surface area contributed by atoms with Gasteiger partial charge in [0, 0.05) is 13.1 Å². The van der Waals surface area contributed by atoms with E-state index in [0.717, 1.165) is 31.5 Å². The molecule has 4 nitrogen and oxygen atoms in total. The van der Waals surface area contributed by atoms with Gasteiger partial charge in [-0.1, -0.05) is 17.2 Å². The molecule has 1 saturated heterocycles. The van der Waals surface area contributed by atoms with E-state index in [2.05, 4.69) is 0 Å². The van der Waals surface area contributed by atoms with Crippen molar-refractivity contribution in [3.8, 4) is 11.5 Å². The van der Waals surface area contributed by atoms with Crippen molar-refractivity contribution in [1.29, 1.82) is 0 Å². The summed E-state index contributed by atoms with van der Waals surface area (Å²) in [6, 6.07) is 5.68. The van der Waals surface area contributed by atoms with Gasteiger partial charge in [0.05, 0.1) is 20.6 Å². The Morgan fingerprint density at radius 3 is 2.22 bits per heavy atom. The van der Waals surface area contributed by atoms with Crippen molar-refractivity contribution >= 4 is 5.91 Å². The number of likely N-dealkylation sites (tertiary alicyclic amines) is 1. The van der Waals surface area contributed by atoms with E-state index in [9.17, 15) is 4.79 Å². The summed E-state index contributed by atoms with van der Waals surface area (Å²) in [5, 5.41) is 0. The molecule has 124 valence electrons. The van der Waals surface area contributed by atoms with E-state index in [1.165, 1.54) is 19.3 Å². The molecule has 0 spiro atoms. The fraction of sp³-hybridized carbons (Fsp3) is 0.526. The molecular weight excluding hydrogens is 290 g/mol. The molecule has 1 aromatic rings.